The summed E-state index contributed by atoms with van der Waals surface area (Å²) < 4.78 is 66.7. The zero-order valence-electron chi connectivity index (χ0n) is 21.7. The summed E-state index contributed by atoms with van der Waals surface area (Å²) in [4.78, 5) is 23.4. The topological polar surface area (TPSA) is 115 Å². The van der Waals surface area contributed by atoms with Crippen molar-refractivity contribution in [2.75, 3.05) is 25.1 Å². The second kappa shape index (κ2) is 12.4. The van der Waals surface area contributed by atoms with Gasteiger partial charge < -0.3 is 19.8 Å². The molecule has 4 aromatic rings. The number of carbonyl (C=O) groups is 1. The van der Waals surface area contributed by atoms with Gasteiger partial charge in [-0.2, -0.15) is 13.2 Å². The van der Waals surface area contributed by atoms with Crippen LogP contribution >= 0.6 is 0 Å². The molecule has 2 aromatic carbocycles. The highest BCUT2D eigenvalue weighted by molar-refractivity contribution is 6.01. The van der Waals surface area contributed by atoms with E-state index in [-0.39, 0.29) is 40.9 Å². The van der Waals surface area contributed by atoms with Crippen molar-refractivity contribution < 1.29 is 31.8 Å². The number of H-pyrrole nitrogens is 1. The molecule has 0 atom stereocenters. The number of rotatable bonds is 9. The summed E-state index contributed by atoms with van der Waals surface area (Å²) in [5.74, 6) is -0.400. The third-order valence-corrected chi connectivity index (χ3v) is 6.68. The summed E-state index contributed by atoms with van der Waals surface area (Å²) in [7, 11) is 0. The Labute approximate surface area is 232 Å². The van der Waals surface area contributed by atoms with Gasteiger partial charge in [-0.25, -0.2) is 14.4 Å². The molecule has 1 aliphatic heterocycles. The van der Waals surface area contributed by atoms with E-state index in [4.69, 9.17) is 9.47 Å². The van der Waals surface area contributed by atoms with Crippen LogP contribution in [0.5, 0.6) is 5.75 Å². The number of carbonyl (C=O) groups excluding carboxylic acids is 1. The van der Waals surface area contributed by atoms with E-state index in [1.807, 2.05) is 0 Å². The molecule has 13 heteroatoms. The van der Waals surface area contributed by atoms with E-state index in [1.165, 1.54) is 24.3 Å². The largest absolute Gasteiger partial charge is 0.494 e. The van der Waals surface area contributed by atoms with E-state index in [2.05, 4.69) is 30.5 Å². The SMILES string of the molecule is O=C(Nc1cc(-c2cc(OCCC3CCOCC3)ccc2C(F)(F)F)ncn1)c1nnc(Cc2ccccc2F)[nH]1. The van der Waals surface area contributed by atoms with Crippen LogP contribution in [0.25, 0.3) is 11.3 Å². The lowest BCUT2D eigenvalue weighted by atomic mass is 9.97. The Kier molecular flexibility index (Phi) is 8.53. The Morgan fingerprint density at radius 1 is 1.07 bits per heavy atom. The molecule has 0 aliphatic carbocycles. The number of nitrogens with one attached hydrogen (secondary N) is 2. The fraction of sp³-hybridized carbons (Fsp3) is 0.321. The van der Waals surface area contributed by atoms with Gasteiger partial charge in [0.05, 0.1) is 17.9 Å². The normalized spacial score (nSPS) is 14.1. The molecule has 1 saturated heterocycles. The van der Waals surface area contributed by atoms with Gasteiger partial charge in [0.1, 0.15) is 29.5 Å². The van der Waals surface area contributed by atoms with Crippen LogP contribution in [-0.4, -0.2) is 50.9 Å². The number of aromatic amines is 1. The van der Waals surface area contributed by atoms with Gasteiger partial charge in [0, 0.05) is 31.3 Å². The van der Waals surface area contributed by atoms with Crippen LogP contribution < -0.4 is 10.1 Å². The van der Waals surface area contributed by atoms with Crippen molar-refractivity contribution in [1.82, 2.24) is 25.1 Å². The number of benzene rings is 2. The lowest BCUT2D eigenvalue weighted by Gasteiger charge is -2.22. The maximum atomic E-state index is 13.9. The standard InChI is InChI=1S/C28H26F4N6O3/c29-22-4-2-1-3-18(22)13-25-35-26(38-37-25)27(39)36-24-15-23(33-16-34-24)20-14-19(5-6-21(20)28(30,31)32)41-12-9-17-7-10-40-11-8-17/h1-6,14-17H,7-13H2,(H,35,37,38)(H,33,34,36,39). The van der Waals surface area contributed by atoms with Crippen molar-refractivity contribution in [2.45, 2.75) is 31.9 Å². The number of hydrogen-bond acceptors (Lipinski definition) is 7. The third-order valence-electron chi connectivity index (χ3n) is 6.68. The number of aromatic nitrogens is 5. The number of hydrogen-bond donors (Lipinski definition) is 2. The van der Waals surface area contributed by atoms with Crippen LogP contribution in [0.3, 0.4) is 0 Å². The molecule has 214 valence electrons. The van der Waals surface area contributed by atoms with Crippen LogP contribution in [-0.2, 0) is 17.3 Å². The molecular formula is C28H26F4N6O3. The van der Waals surface area contributed by atoms with Gasteiger partial charge in [0.2, 0.25) is 5.82 Å². The minimum absolute atomic E-state index is 0.0500. The zero-order valence-corrected chi connectivity index (χ0v) is 21.7. The maximum Gasteiger partial charge on any atom is 0.417 e. The molecule has 2 aromatic heterocycles. The minimum atomic E-state index is -4.65. The lowest BCUT2D eigenvalue weighted by molar-refractivity contribution is -0.137. The third kappa shape index (κ3) is 7.23. The zero-order chi connectivity index (χ0) is 28.8. The number of anilines is 1. The van der Waals surface area contributed by atoms with E-state index >= 15 is 0 Å². The molecule has 0 saturated carbocycles. The molecule has 0 spiro atoms. The Morgan fingerprint density at radius 3 is 2.66 bits per heavy atom. The predicted octanol–water partition coefficient (Wildman–Crippen LogP) is 5.46. The van der Waals surface area contributed by atoms with Crippen molar-refractivity contribution in [2.24, 2.45) is 5.92 Å². The molecule has 0 unspecified atom stereocenters. The molecule has 0 bridgehead atoms. The molecule has 9 nitrogen and oxygen atoms in total. The van der Waals surface area contributed by atoms with Gasteiger partial charge in [-0.15, -0.1) is 10.2 Å². The molecule has 41 heavy (non-hydrogen) atoms. The molecule has 2 N–H and O–H groups in total. The average Bonchev–Trinajstić information content (AvgIpc) is 3.43. The van der Waals surface area contributed by atoms with E-state index < -0.39 is 23.5 Å². The van der Waals surface area contributed by atoms with Crippen molar-refractivity contribution in [3.8, 4) is 17.0 Å². The number of amides is 1. The second-order valence-corrected chi connectivity index (χ2v) is 9.53. The smallest absolute Gasteiger partial charge is 0.417 e. The molecule has 0 radical (unpaired) electrons. The first-order valence-corrected chi connectivity index (χ1v) is 13.0. The molecule has 5 rings (SSSR count). The molecule has 1 aliphatic rings. The van der Waals surface area contributed by atoms with Gasteiger partial charge in [-0.3, -0.25) is 4.79 Å². The summed E-state index contributed by atoms with van der Waals surface area (Å²) in [6.45, 7) is 1.76. The second-order valence-electron chi connectivity index (χ2n) is 9.53. The van der Waals surface area contributed by atoms with Crippen LogP contribution in [0.2, 0.25) is 0 Å². The molecular weight excluding hydrogens is 544 g/mol. The first kappa shape index (κ1) is 28.1. The van der Waals surface area contributed by atoms with Gasteiger partial charge in [0.25, 0.3) is 5.91 Å². The Bertz CT molecular complexity index is 1500. The lowest BCUT2D eigenvalue weighted by Crippen LogP contribution is -2.17. The average molecular weight is 571 g/mol. The highest BCUT2D eigenvalue weighted by Gasteiger charge is 2.34. The van der Waals surface area contributed by atoms with Crippen LogP contribution in [0.1, 0.15) is 46.8 Å². The minimum Gasteiger partial charge on any atom is -0.494 e. The van der Waals surface area contributed by atoms with Crippen molar-refractivity contribution in [3.63, 3.8) is 0 Å². The predicted molar refractivity (Wildman–Crippen MR) is 140 cm³/mol. The quantitative estimate of drug-likeness (QED) is 0.257. The fourth-order valence-electron chi connectivity index (χ4n) is 4.50. The molecule has 3 heterocycles. The fourth-order valence-corrected chi connectivity index (χ4v) is 4.50. The highest BCUT2D eigenvalue weighted by Crippen LogP contribution is 2.38. The number of alkyl halides is 3. The van der Waals surface area contributed by atoms with Gasteiger partial charge >= 0.3 is 6.18 Å². The van der Waals surface area contributed by atoms with Crippen molar-refractivity contribution in [1.29, 1.82) is 0 Å². The maximum absolute atomic E-state index is 13.9. The van der Waals surface area contributed by atoms with Crippen molar-refractivity contribution in [3.05, 3.63) is 83.5 Å². The summed E-state index contributed by atoms with van der Waals surface area (Å²) in [5.41, 5.74) is -0.814. The Hall–Kier alpha value is -4.39. The van der Waals surface area contributed by atoms with Crippen LogP contribution in [0.15, 0.2) is 54.9 Å². The van der Waals surface area contributed by atoms with Crippen LogP contribution in [0, 0.1) is 11.7 Å². The van der Waals surface area contributed by atoms with Crippen molar-refractivity contribution >= 4 is 11.7 Å². The Morgan fingerprint density at radius 2 is 1.88 bits per heavy atom. The number of halogens is 4. The summed E-state index contributed by atoms with van der Waals surface area (Å²) in [6.07, 6.45) is -0.895. The van der Waals surface area contributed by atoms with Gasteiger partial charge in [-0.05, 0) is 55.0 Å². The summed E-state index contributed by atoms with van der Waals surface area (Å²) in [6, 6.07) is 10.9. The monoisotopic (exact) mass is 570 g/mol. The van der Waals surface area contributed by atoms with Crippen LogP contribution in [0.4, 0.5) is 23.4 Å². The summed E-state index contributed by atoms with van der Waals surface area (Å²) >= 11 is 0. The van der Waals surface area contributed by atoms with Gasteiger partial charge in [0.15, 0.2) is 0 Å². The van der Waals surface area contributed by atoms with E-state index in [1.54, 1.807) is 18.2 Å². The highest BCUT2D eigenvalue weighted by atomic mass is 19.4. The first-order chi connectivity index (χ1) is 19.8. The van der Waals surface area contributed by atoms with E-state index in [0.29, 0.717) is 31.3 Å². The molecule has 1 fully saturated rings. The first-order valence-electron chi connectivity index (χ1n) is 13.0. The van der Waals surface area contributed by atoms with Gasteiger partial charge in [-0.1, -0.05) is 18.2 Å². The summed E-state index contributed by atoms with van der Waals surface area (Å²) in [5, 5.41) is 10.1. The number of nitrogens with zero attached hydrogens (tertiary/aromatic N) is 4. The van der Waals surface area contributed by atoms with E-state index in [9.17, 15) is 22.4 Å². The molecule has 1 amide bonds. The Balaban J connectivity index is 1.30. The van der Waals surface area contributed by atoms with E-state index in [0.717, 1.165) is 31.7 Å². The number of ether oxygens (including phenoxy) is 2.